The zero-order valence-electron chi connectivity index (χ0n) is 18.4. The number of piperazine rings is 1. The Morgan fingerprint density at radius 1 is 0.938 bits per heavy atom. The van der Waals surface area contributed by atoms with Gasteiger partial charge in [0.2, 0.25) is 11.8 Å². The average molecular weight is 428 g/mol. The van der Waals surface area contributed by atoms with E-state index >= 15 is 0 Å². The highest BCUT2D eigenvalue weighted by Crippen LogP contribution is 2.32. The summed E-state index contributed by atoms with van der Waals surface area (Å²) in [5, 5.41) is 2.86. The molecule has 1 saturated heterocycles. The number of amides is 2. The van der Waals surface area contributed by atoms with Gasteiger partial charge in [0.25, 0.3) is 0 Å². The fourth-order valence-corrected chi connectivity index (χ4v) is 4.34. The minimum Gasteiger partial charge on any atom is -0.355 e. The number of carbonyl (C=O) groups excluding carboxylic acids is 2. The number of rotatable bonds is 7. The number of benzene rings is 3. The van der Waals surface area contributed by atoms with Gasteiger partial charge in [-0.15, -0.1) is 0 Å². The molecule has 1 aliphatic rings. The molecule has 5 nitrogen and oxygen atoms in total. The van der Waals surface area contributed by atoms with Crippen molar-refractivity contribution in [3.05, 3.63) is 90.5 Å². The molecule has 0 aromatic heterocycles. The van der Waals surface area contributed by atoms with Gasteiger partial charge >= 0.3 is 0 Å². The summed E-state index contributed by atoms with van der Waals surface area (Å²) in [7, 11) is 0. The van der Waals surface area contributed by atoms with Crippen LogP contribution in [0.4, 0.5) is 5.69 Å². The van der Waals surface area contributed by atoms with Crippen LogP contribution in [-0.4, -0.2) is 48.9 Å². The van der Waals surface area contributed by atoms with E-state index in [1.165, 1.54) is 12.5 Å². The van der Waals surface area contributed by atoms with E-state index in [0.717, 1.165) is 23.2 Å². The second-order valence-corrected chi connectivity index (χ2v) is 8.18. The van der Waals surface area contributed by atoms with E-state index in [1.54, 1.807) is 0 Å². The van der Waals surface area contributed by atoms with Crippen LogP contribution in [0, 0.1) is 0 Å². The van der Waals surface area contributed by atoms with Gasteiger partial charge in [-0.1, -0.05) is 78.9 Å². The lowest BCUT2D eigenvalue weighted by molar-refractivity contribution is -0.122. The van der Waals surface area contributed by atoms with Crippen molar-refractivity contribution in [1.29, 1.82) is 0 Å². The molecule has 0 aliphatic carbocycles. The highest BCUT2D eigenvalue weighted by Gasteiger charge is 2.33. The van der Waals surface area contributed by atoms with E-state index < -0.39 is 0 Å². The molecule has 1 N–H and O–H groups in total. The summed E-state index contributed by atoms with van der Waals surface area (Å²) in [6.07, 6.45) is 0.845. The Labute approximate surface area is 189 Å². The molecule has 32 heavy (non-hydrogen) atoms. The molecule has 1 heterocycles. The molecule has 1 fully saturated rings. The van der Waals surface area contributed by atoms with E-state index in [9.17, 15) is 9.59 Å². The van der Waals surface area contributed by atoms with Gasteiger partial charge in [-0.25, -0.2) is 0 Å². The van der Waals surface area contributed by atoms with E-state index in [0.29, 0.717) is 26.2 Å². The summed E-state index contributed by atoms with van der Waals surface area (Å²) < 4.78 is 0. The SMILES string of the molecule is CC(=O)NCCN1CC(=O)N(c2ccccc2-c2ccccc2)C[C@H]1Cc1ccccc1. The summed E-state index contributed by atoms with van der Waals surface area (Å²) in [4.78, 5) is 28.7. The number of para-hydroxylation sites is 1. The standard InChI is InChI=1S/C27H29N3O2/c1-21(31)28-16-17-29-20-27(32)30(19-24(29)18-22-10-4-2-5-11-22)26-15-9-8-14-25(26)23-12-6-3-7-13-23/h2-15,24H,16-20H2,1H3,(H,28,31)/t24-/m1/s1. The van der Waals surface area contributed by atoms with Crippen LogP contribution in [0.15, 0.2) is 84.9 Å². The number of carbonyl (C=O) groups is 2. The second kappa shape index (κ2) is 10.2. The molecule has 0 bridgehead atoms. The van der Waals surface area contributed by atoms with Crippen LogP contribution in [0.25, 0.3) is 11.1 Å². The lowest BCUT2D eigenvalue weighted by Gasteiger charge is -2.41. The first-order valence-corrected chi connectivity index (χ1v) is 11.1. The van der Waals surface area contributed by atoms with Crippen LogP contribution in [0.1, 0.15) is 12.5 Å². The quantitative estimate of drug-likeness (QED) is 0.625. The van der Waals surface area contributed by atoms with E-state index in [4.69, 9.17) is 0 Å². The van der Waals surface area contributed by atoms with Gasteiger partial charge in [0.05, 0.1) is 12.2 Å². The Balaban J connectivity index is 1.61. The minimum atomic E-state index is -0.0497. The molecule has 0 radical (unpaired) electrons. The first kappa shape index (κ1) is 21.8. The van der Waals surface area contributed by atoms with Gasteiger partial charge in [-0.3, -0.25) is 14.5 Å². The average Bonchev–Trinajstić information content (AvgIpc) is 2.82. The molecule has 1 atom stereocenters. The zero-order chi connectivity index (χ0) is 22.3. The van der Waals surface area contributed by atoms with Crippen molar-refractivity contribution < 1.29 is 9.59 Å². The maximum Gasteiger partial charge on any atom is 0.241 e. The third kappa shape index (κ3) is 5.24. The first-order chi connectivity index (χ1) is 15.6. The van der Waals surface area contributed by atoms with Gasteiger partial charge in [0.1, 0.15) is 0 Å². The van der Waals surface area contributed by atoms with Gasteiger partial charge in [0, 0.05) is 38.2 Å². The van der Waals surface area contributed by atoms with Crippen molar-refractivity contribution in [2.24, 2.45) is 0 Å². The molecule has 3 aromatic rings. The Hall–Kier alpha value is -3.44. The Kier molecular flexibility index (Phi) is 6.97. The fraction of sp³-hybridized carbons (Fsp3) is 0.259. The summed E-state index contributed by atoms with van der Waals surface area (Å²) in [5.74, 6) is 0.0341. The molecule has 5 heteroatoms. The van der Waals surface area contributed by atoms with Crippen LogP contribution in [0.3, 0.4) is 0 Å². The molecule has 4 rings (SSSR count). The summed E-state index contributed by atoms with van der Waals surface area (Å²) >= 11 is 0. The van der Waals surface area contributed by atoms with Crippen molar-refractivity contribution >= 4 is 17.5 Å². The molecule has 0 unspecified atom stereocenters. The largest absolute Gasteiger partial charge is 0.355 e. The molecular formula is C27H29N3O2. The number of hydrogen-bond donors (Lipinski definition) is 1. The van der Waals surface area contributed by atoms with Crippen molar-refractivity contribution in [3.8, 4) is 11.1 Å². The summed E-state index contributed by atoms with van der Waals surface area (Å²) in [6.45, 7) is 3.65. The second-order valence-electron chi connectivity index (χ2n) is 8.18. The lowest BCUT2D eigenvalue weighted by Crippen LogP contribution is -2.58. The van der Waals surface area contributed by atoms with Crippen LogP contribution in [0.2, 0.25) is 0 Å². The van der Waals surface area contributed by atoms with Gasteiger partial charge < -0.3 is 10.2 Å². The highest BCUT2D eigenvalue weighted by molar-refractivity contribution is 5.99. The smallest absolute Gasteiger partial charge is 0.241 e. The van der Waals surface area contributed by atoms with Gasteiger partial charge in [0.15, 0.2) is 0 Å². The molecule has 164 valence electrons. The van der Waals surface area contributed by atoms with Crippen LogP contribution in [0.5, 0.6) is 0 Å². The maximum atomic E-state index is 13.3. The van der Waals surface area contributed by atoms with Gasteiger partial charge in [-0.05, 0) is 23.6 Å². The molecule has 3 aromatic carbocycles. The highest BCUT2D eigenvalue weighted by atomic mass is 16.2. The third-order valence-corrected chi connectivity index (χ3v) is 5.92. The van der Waals surface area contributed by atoms with E-state index in [1.807, 2.05) is 59.5 Å². The Morgan fingerprint density at radius 2 is 1.59 bits per heavy atom. The summed E-state index contributed by atoms with van der Waals surface area (Å²) in [6, 6.07) is 28.8. The van der Waals surface area contributed by atoms with Crippen molar-refractivity contribution in [3.63, 3.8) is 0 Å². The molecule has 1 aliphatic heterocycles. The summed E-state index contributed by atoms with van der Waals surface area (Å²) in [5.41, 5.74) is 4.35. The van der Waals surface area contributed by atoms with Gasteiger partial charge in [-0.2, -0.15) is 0 Å². The van der Waals surface area contributed by atoms with Crippen LogP contribution < -0.4 is 10.2 Å². The number of hydrogen-bond acceptors (Lipinski definition) is 3. The van der Waals surface area contributed by atoms with Crippen LogP contribution in [-0.2, 0) is 16.0 Å². The Bertz CT molecular complexity index is 1050. The molecule has 2 amide bonds. The normalized spacial score (nSPS) is 16.7. The predicted octanol–water partition coefficient (Wildman–Crippen LogP) is 3.75. The molecular weight excluding hydrogens is 398 g/mol. The number of nitrogens with zero attached hydrogens (tertiary/aromatic N) is 2. The van der Waals surface area contributed by atoms with Crippen molar-refractivity contribution in [1.82, 2.24) is 10.2 Å². The maximum absolute atomic E-state index is 13.3. The Morgan fingerprint density at radius 3 is 2.31 bits per heavy atom. The fourth-order valence-electron chi connectivity index (χ4n) is 4.34. The predicted molar refractivity (Wildman–Crippen MR) is 128 cm³/mol. The first-order valence-electron chi connectivity index (χ1n) is 11.1. The van der Waals surface area contributed by atoms with Crippen molar-refractivity contribution in [2.75, 3.05) is 31.1 Å². The number of nitrogens with one attached hydrogen (secondary N) is 1. The van der Waals surface area contributed by atoms with Crippen molar-refractivity contribution in [2.45, 2.75) is 19.4 Å². The zero-order valence-corrected chi connectivity index (χ0v) is 18.4. The minimum absolute atomic E-state index is 0.0497. The van der Waals surface area contributed by atoms with Crippen LogP contribution >= 0.6 is 0 Å². The molecule has 0 saturated carbocycles. The monoisotopic (exact) mass is 427 g/mol. The topological polar surface area (TPSA) is 52.7 Å². The number of anilines is 1. The molecule has 0 spiro atoms. The van der Waals surface area contributed by atoms with E-state index in [-0.39, 0.29) is 17.9 Å². The third-order valence-electron chi connectivity index (χ3n) is 5.92. The van der Waals surface area contributed by atoms with E-state index in [2.05, 4.69) is 40.5 Å². The lowest BCUT2D eigenvalue weighted by atomic mass is 9.98.